The van der Waals surface area contributed by atoms with Gasteiger partial charge in [0, 0.05) is 53.0 Å². The molecule has 1 N–H and O–H groups in total. The van der Waals surface area contributed by atoms with Crippen LogP contribution in [0.2, 0.25) is 0 Å². The van der Waals surface area contributed by atoms with Crippen LogP contribution in [0.4, 0.5) is 11.4 Å². The predicted molar refractivity (Wildman–Crippen MR) is 182 cm³/mol. The first-order chi connectivity index (χ1) is 23.8. The Hall–Kier alpha value is -5.28. The maximum atomic E-state index is 14.3. The van der Waals surface area contributed by atoms with Gasteiger partial charge in [0.25, 0.3) is 0 Å². The van der Waals surface area contributed by atoms with Crippen LogP contribution in [0.1, 0.15) is 36.8 Å². The molecular formula is C40H36N2O7. The molecule has 248 valence electrons. The Bertz CT molecular complexity index is 1970. The molecule has 8 rings (SSSR count). The zero-order chi connectivity index (χ0) is 33.8. The molecule has 9 heteroatoms. The second kappa shape index (κ2) is 12.3. The Labute approximate surface area is 284 Å². The van der Waals surface area contributed by atoms with Crippen molar-refractivity contribution in [2.75, 3.05) is 36.1 Å². The third-order valence-electron chi connectivity index (χ3n) is 10.6. The van der Waals surface area contributed by atoms with E-state index in [0.29, 0.717) is 60.0 Å². The van der Waals surface area contributed by atoms with E-state index in [1.807, 2.05) is 60.7 Å². The first-order valence-electron chi connectivity index (χ1n) is 16.8. The molecule has 3 aromatic rings. The molecular weight excluding hydrogens is 620 g/mol. The molecule has 9 nitrogen and oxygen atoms in total. The lowest BCUT2D eigenvalue weighted by Gasteiger charge is -2.42. The SMILES string of the molecule is CC1=CC(=O)C2=C(C1=O)C(c1ccc(OCc3ccccc3)cc1O)C1=CCC3C(=O)N(c4ccc(N5CCOCC5)cc4)C(=O)C3C1C2. The standard InChI is InChI=1S/C40H36N2O7/c1-23-19-33(43)32-21-31-28(35(37(32)38(23)45)29-12-11-27(20-34(29)44)49-22-24-5-3-2-4-6-24)13-14-30-36(31)40(47)42(39(30)46)26-9-7-25(8-10-26)41-15-17-48-18-16-41/h2-13,19-20,30-31,35-36,44H,14-18,21-22H2,1H3. The Morgan fingerprint density at radius 1 is 0.878 bits per heavy atom. The molecule has 5 aliphatic rings. The maximum absolute atomic E-state index is 14.3. The molecule has 4 atom stereocenters. The zero-order valence-electron chi connectivity index (χ0n) is 27.1. The second-order valence-corrected chi connectivity index (χ2v) is 13.4. The number of amides is 2. The Morgan fingerprint density at radius 3 is 2.35 bits per heavy atom. The van der Waals surface area contributed by atoms with E-state index in [1.54, 1.807) is 19.1 Å². The van der Waals surface area contributed by atoms with Crippen LogP contribution < -0.4 is 14.5 Å². The highest BCUT2D eigenvalue weighted by atomic mass is 16.5. The smallest absolute Gasteiger partial charge is 0.238 e. The van der Waals surface area contributed by atoms with Crippen LogP contribution in [0.25, 0.3) is 0 Å². The van der Waals surface area contributed by atoms with E-state index < -0.39 is 23.7 Å². The van der Waals surface area contributed by atoms with Gasteiger partial charge in [0.05, 0.1) is 30.7 Å². The summed E-state index contributed by atoms with van der Waals surface area (Å²) >= 11 is 0. The third kappa shape index (κ3) is 5.29. The number of allylic oxidation sites excluding steroid dienone is 6. The van der Waals surface area contributed by atoms with Crippen molar-refractivity contribution in [3.63, 3.8) is 0 Å². The Balaban J connectivity index is 1.13. The molecule has 2 saturated heterocycles. The van der Waals surface area contributed by atoms with Crippen molar-refractivity contribution < 1.29 is 33.8 Å². The lowest BCUT2D eigenvalue weighted by Crippen LogP contribution is -2.39. The summed E-state index contributed by atoms with van der Waals surface area (Å²) in [7, 11) is 0. The van der Waals surface area contributed by atoms with Crippen LogP contribution in [-0.4, -0.2) is 54.8 Å². The van der Waals surface area contributed by atoms with E-state index in [-0.39, 0.29) is 35.6 Å². The molecule has 49 heavy (non-hydrogen) atoms. The number of hydrogen-bond donors (Lipinski definition) is 1. The van der Waals surface area contributed by atoms with Crippen molar-refractivity contribution in [1.82, 2.24) is 0 Å². The van der Waals surface area contributed by atoms with Crippen LogP contribution in [0.3, 0.4) is 0 Å². The van der Waals surface area contributed by atoms with E-state index in [1.165, 1.54) is 17.0 Å². The van der Waals surface area contributed by atoms with Gasteiger partial charge in [-0.2, -0.15) is 0 Å². The van der Waals surface area contributed by atoms with E-state index in [4.69, 9.17) is 9.47 Å². The number of imide groups is 1. The number of rotatable bonds is 6. The van der Waals surface area contributed by atoms with Gasteiger partial charge in [-0.25, -0.2) is 0 Å². The summed E-state index contributed by atoms with van der Waals surface area (Å²) in [4.78, 5) is 59.0. The van der Waals surface area contributed by atoms with Crippen LogP contribution in [-0.2, 0) is 30.5 Å². The number of anilines is 2. The topological polar surface area (TPSA) is 113 Å². The quantitative estimate of drug-likeness (QED) is 0.212. The van der Waals surface area contributed by atoms with Crippen LogP contribution in [0.15, 0.2) is 107 Å². The van der Waals surface area contributed by atoms with Gasteiger partial charge in [-0.05, 0) is 67.7 Å². The molecule has 0 saturated carbocycles. The van der Waals surface area contributed by atoms with Gasteiger partial charge in [0.2, 0.25) is 11.8 Å². The van der Waals surface area contributed by atoms with E-state index in [0.717, 1.165) is 29.9 Å². The number of ketones is 2. The van der Waals surface area contributed by atoms with Gasteiger partial charge in [-0.3, -0.25) is 24.1 Å². The fraction of sp³-hybridized carbons (Fsp3) is 0.300. The van der Waals surface area contributed by atoms with Gasteiger partial charge in [-0.15, -0.1) is 0 Å². The lowest BCUT2D eigenvalue weighted by molar-refractivity contribution is -0.123. The molecule has 4 unspecified atom stereocenters. The predicted octanol–water partition coefficient (Wildman–Crippen LogP) is 5.44. The fourth-order valence-electron chi connectivity index (χ4n) is 8.20. The summed E-state index contributed by atoms with van der Waals surface area (Å²) in [6.45, 7) is 4.79. The monoisotopic (exact) mass is 656 g/mol. The number of fused-ring (bicyclic) bond motifs is 3. The Morgan fingerprint density at radius 2 is 1.61 bits per heavy atom. The van der Waals surface area contributed by atoms with Crippen molar-refractivity contribution in [2.45, 2.75) is 32.3 Å². The second-order valence-electron chi connectivity index (χ2n) is 13.4. The summed E-state index contributed by atoms with van der Waals surface area (Å²) < 4.78 is 11.4. The van der Waals surface area contributed by atoms with Gasteiger partial charge in [0.15, 0.2) is 11.6 Å². The third-order valence-corrected chi connectivity index (χ3v) is 10.6. The minimum absolute atomic E-state index is 0.0747. The number of aromatic hydroxyl groups is 1. The number of ether oxygens (including phenoxy) is 2. The number of carbonyl (C=O) groups excluding carboxylic acids is 4. The van der Waals surface area contributed by atoms with E-state index in [2.05, 4.69) is 4.90 Å². The normalized spacial score (nSPS) is 25.1. The molecule has 0 radical (unpaired) electrons. The zero-order valence-corrected chi connectivity index (χ0v) is 27.1. The Kier molecular flexibility index (Phi) is 7.79. The first kappa shape index (κ1) is 31.0. The van der Waals surface area contributed by atoms with Crippen molar-refractivity contribution in [1.29, 1.82) is 0 Å². The number of morpholine rings is 1. The fourth-order valence-corrected chi connectivity index (χ4v) is 8.20. The lowest BCUT2D eigenvalue weighted by atomic mass is 9.59. The summed E-state index contributed by atoms with van der Waals surface area (Å²) in [5.41, 5.74) is 4.76. The van der Waals surface area contributed by atoms with Crippen LogP contribution in [0, 0.1) is 17.8 Å². The number of nitrogens with zero attached hydrogens (tertiary/aromatic N) is 2. The summed E-state index contributed by atoms with van der Waals surface area (Å²) in [6.07, 6.45) is 3.81. The summed E-state index contributed by atoms with van der Waals surface area (Å²) in [5, 5.41) is 11.4. The van der Waals surface area contributed by atoms with Crippen LogP contribution >= 0.6 is 0 Å². The largest absolute Gasteiger partial charge is 0.507 e. The average Bonchev–Trinajstić information content (AvgIpc) is 3.39. The number of hydrogen-bond acceptors (Lipinski definition) is 8. The highest BCUT2D eigenvalue weighted by molar-refractivity contribution is 6.25. The van der Waals surface area contributed by atoms with Gasteiger partial charge >= 0.3 is 0 Å². The van der Waals surface area contributed by atoms with E-state index >= 15 is 0 Å². The highest BCUT2D eigenvalue weighted by Crippen LogP contribution is 2.56. The number of carbonyl (C=O) groups is 4. The maximum Gasteiger partial charge on any atom is 0.238 e. The van der Waals surface area contributed by atoms with Crippen molar-refractivity contribution in [3.05, 3.63) is 118 Å². The van der Waals surface area contributed by atoms with Crippen molar-refractivity contribution in [2.24, 2.45) is 17.8 Å². The van der Waals surface area contributed by atoms with Crippen LogP contribution in [0.5, 0.6) is 11.5 Å². The van der Waals surface area contributed by atoms with Crippen molar-refractivity contribution >= 4 is 34.8 Å². The molecule has 0 aromatic heterocycles. The van der Waals surface area contributed by atoms with Crippen molar-refractivity contribution in [3.8, 4) is 11.5 Å². The summed E-state index contributed by atoms with van der Waals surface area (Å²) in [5.74, 6) is -3.23. The molecule has 0 spiro atoms. The molecule has 3 aliphatic carbocycles. The minimum Gasteiger partial charge on any atom is -0.507 e. The first-order valence-corrected chi connectivity index (χ1v) is 16.8. The van der Waals surface area contributed by atoms with E-state index in [9.17, 15) is 24.3 Å². The number of benzene rings is 3. The molecule has 3 aromatic carbocycles. The molecule has 0 bridgehead atoms. The molecule has 2 aliphatic heterocycles. The van der Waals surface area contributed by atoms with Gasteiger partial charge < -0.3 is 19.5 Å². The van der Waals surface area contributed by atoms with Gasteiger partial charge in [0.1, 0.15) is 18.1 Å². The van der Waals surface area contributed by atoms with Gasteiger partial charge in [-0.1, -0.05) is 48.0 Å². The molecule has 2 fully saturated rings. The average molecular weight is 657 g/mol. The minimum atomic E-state index is -0.747. The highest BCUT2D eigenvalue weighted by Gasteiger charge is 2.56. The summed E-state index contributed by atoms with van der Waals surface area (Å²) in [6, 6.07) is 22.2. The molecule has 2 amide bonds. The number of phenolic OH excluding ortho intramolecular Hbond substituents is 1. The molecule has 2 heterocycles. The number of phenols is 1. The number of Topliss-reactive ketones (excluding diaryl/α,β-unsaturated/α-hetero) is 1.